The molecule has 2 aromatic heterocycles. The Morgan fingerprint density at radius 3 is 1.79 bits per heavy atom. The topological polar surface area (TPSA) is 51.8 Å². The van der Waals surface area contributed by atoms with Crippen LogP contribution in [-0.4, -0.2) is 15.0 Å². The number of hydrogen-bond donors (Lipinski definition) is 0. The first-order valence-electron chi connectivity index (χ1n) is 23.1. The summed E-state index contributed by atoms with van der Waals surface area (Å²) in [5, 5.41) is 2.22. The number of furan rings is 1. The van der Waals surface area contributed by atoms with Crippen molar-refractivity contribution in [2.45, 2.75) is 19.3 Å². The highest BCUT2D eigenvalue weighted by Crippen LogP contribution is 2.66. The molecule has 0 fully saturated rings. The molecule has 0 amide bonds. The molecule has 0 saturated carbocycles. The minimum Gasteiger partial charge on any atom is -0.456 e. The minimum atomic E-state index is -0.551. The molecule has 7 aromatic carbocycles. The first kappa shape index (κ1) is 38.9. The second-order valence-electron chi connectivity index (χ2n) is 17.9. The van der Waals surface area contributed by atoms with E-state index in [1.54, 1.807) is 0 Å². The lowest BCUT2D eigenvalue weighted by Crippen LogP contribution is -2.32. The molecule has 67 heavy (non-hydrogen) atoms. The Hall–Kier alpha value is -8.47. The van der Waals surface area contributed by atoms with Gasteiger partial charge in [-0.3, -0.25) is 0 Å². The Bertz CT molecular complexity index is 3710. The molecule has 4 aliphatic rings. The molecular formula is C63H43N3O. The zero-order chi connectivity index (χ0) is 44.7. The summed E-state index contributed by atoms with van der Waals surface area (Å²) in [7, 11) is 0. The van der Waals surface area contributed by atoms with Gasteiger partial charge in [-0.05, 0) is 92.8 Å². The van der Waals surface area contributed by atoms with E-state index in [2.05, 4.69) is 202 Å². The van der Waals surface area contributed by atoms with E-state index in [-0.39, 0.29) is 0 Å². The van der Waals surface area contributed by atoms with Crippen molar-refractivity contribution in [3.8, 4) is 45.0 Å². The van der Waals surface area contributed by atoms with Crippen LogP contribution in [0.15, 0.2) is 246 Å². The average molecular weight is 858 g/mol. The second kappa shape index (κ2) is 15.0. The zero-order valence-electron chi connectivity index (χ0n) is 37.1. The van der Waals surface area contributed by atoms with Crippen LogP contribution in [0.4, 0.5) is 0 Å². The molecule has 0 aliphatic heterocycles. The van der Waals surface area contributed by atoms with E-state index >= 15 is 0 Å². The summed E-state index contributed by atoms with van der Waals surface area (Å²) >= 11 is 0. The maximum atomic E-state index is 6.25. The largest absolute Gasteiger partial charge is 0.456 e. The van der Waals surface area contributed by atoms with Gasteiger partial charge in [0.25, 0.3) is 0 Å². The van der Waals surface area contributed by atoms with Gasteiger partial charge in [-0.15, -0.1) is 0 Å². The van der Waals surface area contributed by atoms with Crippen LogP contribution in [0.25, 0.3) is 78.1 Å². The number of aromatic nitrogens is 3. The standard InChI is InChI=1S/C63H43N3O/c1-3-4-21-47-46-24-10-14-30-53(46)63(51-28-12-8-22-44(51)45-23-9-13-29-52(45)63)58(47)54-38-37-48(50-27-16-17-39-62(50,54)2)61-65-59(41-19-6-5-7-20-41)64-60(66-61)42-35-33-40(34-36-42)43-26-18-32-56-57(43)49-25-11-15-31-55(49)67-56/h3-39H,1-2H3/b4-3-,47-21-,58-54+. The maximum Gasteiger partial charge on any atom is 0.164 e. The molecule has 1 spiro atoms. The number of hydrogen-bond acceptors (Lipinski definition) is 4. The van der Waals surface area contributed by atoms with Gasteiger partial charge in [-0.2, -0.15) is 0 Å². The molecule has 1 unspecified atom stereocenters. The van der Waals surface area contributed by atoms with E-state index in [1.807, 2.05) is 36.4 Å². The molecule has 9 aromatic rings. The van der Waals surface area contributed by atoms with E-state index in [1.165, 1.54) is 50.1 Å². The predicted octanol–water partition coefficient (Wildman–Crippen LogP) is 15.5. The molecule has 4 aliphatic carbocycles. The first-order chi connectivity index (χ1) is 33.1. The van der Waals surface area contributed by atoms with Crippen molar-refractivity contribution in [2.24, 2.45) is 5.41 Å². The number of para-hydroxylation sites is 1. The third-order valence-electron chi connectivity index (χ3n) is 14.3. The van der Waals surface area contributed by atoms with Crippen LogP contribution in [0.1, 0.15) is 41.9 Å². The summed E-state index contributed by atoms with van der Waals surface area (Å²) in [6.07, 6.45) is 20.2. The van der Waals surface area contributed by atoms with Gasteiger partial charge in [0.15, 0.2) is 17.5 Å². The highest BCUT2D eigenvalue weighted by molar-refractivity contribution is 6.12. The molecule has 4 nitrogen and oxygen atoms in total. The summed E-state index contributed by atoms with van der Waals surface area (Å²) in [6.45, 7) is 4.46. The first-order valence-corrected chi connectivity index (χ1v) is 23.1. The average Bonchev–Trinajstić information content (AvgIpc) is 4.02. The summed E-state index contributed by atoms with van der Waals surface area (Å²) in [5.41, 5.74) is 18.4. The van der Waals surface area contributed by atoms with Crippen LogP contribution in [0.3, 0.4) is 0 Å². The molecular weight excluding hydrogens is 815 g/mol. The van der Waals surface area contributed by atoms with Crippen molar-refractivity contribution >= 4 is 33.1 Å². The fourth-order valence-corrected chi connectivity index (χ4v) is 11.4. The van der Waals surface area contributed by atoms with E-state index < -0.39 is 10.8 Å². The molecule has 2 heterocycles. The van der Waals surface area contributed by atoms with Gasteiger partial charge >= 0.3 is 0 Å². The van der Waals surface area contributed by atoms with E-state index in [4.69, 9.17) is 19.4 Å². The Morgan fingerprint density at radius 2 is 1.06 bits per heavy atom. The zero-order valence-corrected chi connectivity index (χ0v) is 37.1. The van der Waals surface area contributed by atoms with Crippen LogP contribution in [-0.2, 0) is 5.41 Å². The summed E-state index contributed by atoms with van der Waals surface area (Å²) in [4.78, 5) is 15.8. The molecule has 1 atom stereocenters. The van der Waals surface area contributed by atoms with E-state index in [0.29, 0.717) is 17.5 Å². The summed E-state index contributed by atoms with van der Waals surface area (Å²) < 4.78 is 6.25. The third kappa shape index (κ3) is 5.69. The molecule has 316 valence electrons. The van der Waals surface area contributed by atoms with Crippen molar-refractivity contribution in [1.29, 1.82) is 0 Å². The Kier molecular flexibility index (Phi) is 8.75. The van der Waals surface area contributed by atoms with Crippen LogP contribution < -0.4 is 0 Å². The number of rotatable bonds is 5. The monoisotopic (exact) mass is 857 g/mol. The SMILES string of the molecule is C\C=C/C=C1\C(=C2\C=CC(c3nc(-c4ccccc4)nc(-c4ccc(-c5cccc6oc7ccccc7c56)cc4)n3)=C3C=CC=CC32C)C2(c3ccccc31)c1ccccc1-c1ccccc12. The normalized spacial score (nSPS) is 19.2. The van der Waals surface area contributed by atoms with Crippen LogP contribution in [0.2, 0.25) is 0 Å². The van der Waals surface area contributed by atoms with Gasteiger partial charge in [0.2, 0.25) is 0 Å². The molecule has 0 N–H and O–H groups in total. The Labute approximate surface area is 389 Å². The maximum absolute atomic E-state index is 6.25. The van der Waals surface area contributed by atoms with Crippen LogP contribution >= 0.6 is 0 Å². The van der Waals surface area contributed by atoms with Gasteiger partial charge in [-0.1, -0.05) is 212 Å². The Morgan fingerprint density at radius 1 is 0.478 bits per heavy atom. The van der Waals surface area contributed by atoms with Crippen molar-refractivity contribution in [1.82, 2.24) is 15.0 Å². The quantitative estimate of drug-likeness (QED) is 0.173. The lowest BCUT2D eigenvalue weighted by atomic mass is 9.61. The third-order valence-corrected chi connectivity index (χ3v) is 14.3. The van der Waals surface area contributed by atoms with Crippen LogP contribution in [0.5, 0.6) is 0 Å². The highest BCUT2D eigenvalue weighted by atomic mass is 16.3. The molecule has 13 rings (SSSR count). The van der Waals surface area contributed by atoms with E-state index in [0.717, 1.165) is 55.3 Å². The molecule has 4 heteroatoms. The predicted molar refractivity (Wildman–Crippen MR) is 274 cm³/mol. The van der Waals surface area contributed by atoms with Crippen molar-refractivity contribution in [3.63, 3.8) is 0 Å². The summed E-state index contributed by atoms with van der Waals surface area (Å²) in [5.74, 6) is 1.88. The van der Waals surface area contributed by atoms with Gasteiger partial charge < -0.3 is 4.42 Å². The van der Waals surface area contributed by atoms with Gasteiger partial charge in [-0.25, -0.2) is 15.0 Å². The van der Waals surface area contributed by atoms with Gasteiger partial charge in [0, 0.05) is 32.9 Å². The number of allylic oxidation sites excluding steroid dienone is 14. The van der Waals surface area contributed by atoms with Crippen molar-refractivity contribution in [3.05, 3.63) is 269 Å². The fraction of sp³-hybridized carbons (Fsp3) is 0.0635. The highest BCUT2D eigenvalue weighted by Gasteiger charge is 2.55. The molecule has 0 bridgehead atoms. The summed E-state index contributed by atoms with van der Waals surface area (Å²) in [6, 6.07) is 60.4. The number of fused-ring (bicyclic) bond motifs is 11. The number of nitrogens with zero attached hydrogens (tertiary/aromatic N) is 3. The fourth-order valence-electron chi connectivity index (χ4n) is 11.4. The lowest BCUT2D eigenvalue weighted by molar-refractivity contribution is 0.620. The van der Waals surface area contributed by atoms with Crippen LogP contribution in [0, 0.1) is 5.41 Å². The minimum absolute atomic E-state index is 0.541. The van der Waals surface area contributed by atoms with Crippen molar-refractivity contribution in [2.75, 3.05) is 0 Å². The molecule has 0 radical (unpaired) electrons. The molecule has 0 saturated heterocycles. The van der Waals surface area contributed by atoms with Gasteiger partial charge in [0.05, 0.1) is 5.41 Å². The number of benzene rings is 7. The van der Waals surface area contributed by atoms with E-state index in [9.17, 15) is 0 Å². The lowest BCUT2D eigenvalue weighted by Gasteiger charge is -2.41. The smallest absolute Gasteiger partial charge is 0.164 e. The van der Waals surface area contributed by atoms with Gasteiger partial charge in [0.1, 0.15) is 11.2 Å². The Balaban J connectivity index is 1.01. The van der Waals surface area contributed by atoms with Crippen molar-refractivity contribution < 1.29 is 4.42 Å². The second-order valence-corrected chi connectivity index (χ2v) is 17.9.